The van der Waals surface area contributed by atoms with Gasteiger partial charge < -0.3 is 14.8 Å². The largest absolute Gasteiger partial charge is 0.491 e. The molecule has 1 aromatic rings. The molecule has 114 valence electrons. The first kappa shape index (κ1) is 17.2. The number of nitrogens with zero attached hydrogens (tertiary/aromatic N) is 1. The van der Waals surface area contributed by atoms with Crippen LogP contribution in [-0.4, -0.2) is 50.9 Å². The van der Waals surface area contributed by atoms with Crippen LogP contribution in [0.1, 0.15) is 12.5 Å². The van der Waals surface area contributed by atoms with Gasteiger partial charge in [-0.1, -0.05) is 18.2 Å². The highest BCUT2D eigenvalue weighted by Gasteiger charge is 2.16. The minimum atomic E-state index is 0. The van der Waals surface area contributed by atoms with E-state index < -0.39 is 0 Å². The maximum atomic E-state index is 5.78. The Balaban J connectivity index is 0.00000200. The summed E-state index contributed by atoms with van der Waals surface area (Å²) in [6, 6.07) is 8.84. The zero-order valence-electron chi connectivity index (χ0n) is 12.3. The van der Waals surface area contributed by atoms with E-state index in [4.69, 9.17) is 9.47 Å². The van der Waals surface area contributed by atoms with Crippen LogP contribution in [0.2, 0.25) is 0 Å². The molecule has 0 spiro atoms. The zero-order chi connectivity index (χ0) is 13.5. The van der Waals surface area contributed by atoms with Crippen molar-refractivity contribution in [3.05, 3.63) is 29.8 Å². The van der Waals surface area contributed by atoms with Crippen LogP contribution in [0.3, 0.4) is 0 Å². The number of hydrogen-bond acceptors (Lipinski definition) is 4. The van der Waals surface area contributed by atoms with Gasteiger partial charge in [0.05, 0.1) is 6.61 Å². The van der Waals surface area contributed by atoms with E-state index in [-0.39, 0.29) is 12.4 Å². The Hall–Kier alpha value is -0.810. The second-order valence-corrected chi connectivity index (χ2v) is 5.04. The van der Waals surface area contributed by atoms with Gasteiger partial charge in [0.15, 0.2) is 0 Å². The zero-order valence-corrected chi connectivity index (χ0v) is 13.1. The second kappa shape index (κ2) is 9.19. The highest BCUT2D eigenvalue weighted by Crippen LogP contribution is 2.20. The van der Waals surface area contributed by atoms with Crippen LogP contribution in [0.15, 0.2) is 24.3 Å². The van der Waals surface area contributed by atoms with Gasteiger partial charge in [-0.2, -0.15) is 0 Å². The maximum absolute atomic E-state index is 5.78. The smallest absolute Gasteiger partial charge is 0.123 e. The molecule has 0 amide bonds. The molecule has 0 saturated carbocycles. The van der Waals surface area contributed by atoms with E-state index in [0.29, 0.717) is 19.3 Å². The molecule has 0 aromatic heterocycles. The molecule has 0 bridgehead atoms. The van der Waals surface area contributed by atoms with Crippen molar-refractivity contribution >= 4 is 12.4 Å². The number of piperazine rings is 1. The lowest BCUT2D eigenvalue weighted by Crippen LogP contribution is -2.48. The molecule has 0 aliphatic carbocycles. The first-order chi connectivity index (χ1) is 9.29. The molecule has 1 atom stereocenters. The molecule has 1 saturated heterocycles. The molecule has 1 N–H and O–H groups in total. The predicted molar refractivity (Wildman–Crippen MR) is 83.8 cm³/mol. The van der Waals surface area contributed by atoms with E-state index in [2.05, 4.69) is 29.3 Å². The lowest BCUT2D eigenvalue weighted by molar-refractivity contribution is 0.144. The van der Waals surface area contributed by atoms with Crippen LogP contribution in [0.25, 0.3) is 0 Å². The third kappa shape index (κ3) is 5.29. The van der Waals surface area contributed by atoms with Crippen LogP contribution >= 0.6 is 12.4 Å². The summed E-state index contributed by atoms with van der Waals surface area (Å²) in [6.07, 6.45) is 0. The molecular formula is C15H25ClN2O2. The van der Waals surface area contributed by atoms with Crippen molar-refractivity contribution in [1.29, 1.82) is 0 Å². The molecule has 4 nitrogen and oxygen atoms in total. The summed E-state index contributed by atoms with van der Waals surface area (Å²) in [7, 11) is 1.69. The standard InChI is InChI=1S/C15H24N2O2.ClH/c1-13-11-17(8-7-16-13)12-14-5-3-4-6-15(14)19-10-9-18-2;/h3-6,13,16H,7-12H2,1-2H3;1H. The van der Waals surface area contributed by atoms with Gasteiger partial charge in [0.1, 0.15) is 12.4 Å². The molecule has 1 heterocycles. The summed E-state index contributed by atoms with van der Waals surface area (Å²) in [6.45, 7) is 7.66. The number of nitrogens with one attached hydrogen (secondary N) is 1. The molecular weight excluding hydrogens is 276 g/mol. The SMILES string of the molecule is COCCOc1ccccc1CN1CCNC(C)C1.Cl. The molecule has 0 radical (unpaired) electrons. The van der Waals surface area contributed by atoms with E-state index in [1.54, 1.807) is 7.11 Å². The lowest BCUT2D eigenvalue weighted by atomic mass is 10.1. The van der Waals surface area contributed by atoms with Crippen molar-refractivity contribution in [3.63, 3.8) is 0 Å². The fourth-order valence-electron chi connectivity index (χ4n) is 2.41. The first-order valence-corrected chi connectivity index (χ1v) is 6.95. The Bertz CT molecular complexity index is 390. The summed E-state index contributed by atoms with van der Waals surface area (Å²) >= 11 is 0. The Morgan fingerprint density at radius 3 is 2.85 bits per heavy atom. The lowest BCUT2D eigenvalue weighted by Gasteiger charge is -2.32. The van der Waals surface area contributed by atoms with E-state index >= 15 is 0 Å². The Morgan fingerprint density at radius 2 is 2.10 bits per heavy atom. The summed E-state index contributed by atoms with van der Waals surface area (Å²) in [4.78, 5) is 2.47. The summed E-state index contributed by atoms with van der Waals surface area (Å²) in [5.74, 6) is 0.978. The average Bonchev–Trinajstić information content (AvgIpc) is 2.41. The molecule has 20 heavy (non-hydrogen) atoms. The monoisotopic (exact) mass is 300 g/mol. The molecule has 5 heteroatoms. The number of para-hydroxylation sites is 1. The van der Waals surface area contributed by atoms with Crippen LogP contribution in [0.5, 0.6) is 5.75 Å². The minimum Gasteiger partial charge on any atom is -0.491 e. The molecule has 1 fully saturated rings. The fourth-order valence-corrected chi connectivity index (χ4v) is 2.41. The molecule has 1 aliphatic heterocycles. The summed E-state index contributed by atoms with van der Waals surface area (Å²) in [5, 5.41) is 3.46. The average molecular weight is 301 g/mol. The van der Waals surface area contributed by atoms with E-state index in [0.717, 1.165) is 31.9 Å². The van der Waals surface area contributed by atoms with Crippen LogP contribution < -0.4 is 10.1 Å². The van der Waals surface area contributed by atoms with Crippen molar-refractivity contribution in [2.75, 3.05) is 40.0 Å². The topological polar surface area (TPSA) is 33.7 Å². The normalized spacial score (nSPS) is 19.4. The van der Waals surface area contributed by atoms with Gasteiger partial charge >= 0.3 is 0 Å². The van der Waals surface area contributed by atoms with E-state index in [9.17, 15) is 0 Å². The summed E-state index contributed by atoms with van der Waals surface area (Å²) in [5.41, 5.74) is 1.26. The van der Waals surface area contributed by atoms with Gasteiger partial charge in [0, 0.05) is 44.9 Å². The molecule has 1 unspecified atom stereocenters. The van der Waals surface area contributed by atoms with Gasteiger partial charge in [-0.3, -0.25) is 4.90 Å². The second-order valence-electron chi connectivity index (χ2n) is 5.04. The van der Waals surface area contributed by atoms with E-state index in [1.807, 2.05) is 12.1 Å². The number of benzene rings is 1. The Kier molecular flexibility index (Phi) is 7.92. The first-order valence-electron chi connectivity index (χ1n) is 6.95. The van der Waals surface area contributed by atoms with Crippen molar-refractivity contribution in [1.82, 2.24) is 10.2 Å². The van der Waals surface area contributed by atoms with Gasteiger partial charge in [-0.05, 0) is 13.0 Å². The molecule has 1 aromatic carbocycles. The van der Waals surface area contributed by atoms with E-state index in [1.165, 1.54) is 5.56 Å². The third-order valence-corrected chi connectivity index (χ3v) is 3.36. The van der Waals surface area contributed by atoms with Crippen molar-refractivity contribution in [3.8, 4) is 5.75 Å². The number of methoxy groups -OCH3 is 1. The third-order valence-electron chi connectivity index (χ3n) is 3.36. The number of ether oxygens (including phenoxy) is 2. The van der Waals surface area contributed by atoms with Crippen LogP contribution in [-0.2, 0) is 11.3 Å². The van der Waals surface area contributed by atoms with Gasteiger partial charge in [-0.25, -0.2) is 0 Å². The number of hydrogen-bond donors (Lipinski definition) is 1. The van der Waals surface area contributed by atoms with Crippen molar-refractivity contribution in [2.24, 2.45) is 0 Å². The molecule has 1 aliphatic rings. The minimum absolute atomic E-state index is 0. The van der Waals surface area contributed by atoms with Crippen LogP contribution in [0, 0.1) is 0 Å². The van der Waals surface area contributed by atoms with Gasteiger partial charge in [0.2, 0.25) is 0 Å². The maximum Gasteiger partial charge on any atom is 0.123 e. The van der Waals surface area contributed by atoms with Gasteiger partial charge in [-0.15, -0.1) is 12.4 Å². The van der Waals surface area contributed by atoms with Crippen LogP contribution in [0.4, 0.5) is 0 Å². The highest BCUT2D eigenvalue weighted by atomic mass is 35.5. The number of halogens is 1. The highest BCUT2D eigenvalue weighted by molar-refractivity contribution is 5.85. The van der Waals surface area contributed by atoms with Crippen molar-refractivity contribution < 1.29 is 9.47 Å². The van der Waals surface area contributed by atoms with Gasteiger partial charge in [0.25, 0.3) is 0 Å². The summed E-state index contributed by atoms with van der Waals surface area (Å²) < 4.78 is 10.8. The fraction of sp³-hybridized carbons (Fsp3) is 0.600. The molecule has 2 rings (SSSR count). The number of rotatable bonds is 6. The predicted octanol–water partition coefficient (Wildman–Crippen LogP) is 1.93. The Morgan fingerprint density at radius 1 is 1.30 bits per heavy atom. The Labute approximate surface area is 127 Å². The quantitative estimate of drug-likeness (QED) is 0.814. The van der Waals surface area contributed by atoms with Crippen molar-refractivity contribution in [2.45, 2.75) is 19.5 Å².